The highest BCUT2D eigenvalue weighted by molar-refractivity contribution is 5.91. The van der Waals surface area contributed by atoms with Gasteiger partial charge in [0.15, 0.2) is 5.69 Å². The second-order valence-electron chi connectivity index (χ2n) is 4.88. The first-order valence-electron chi connectivity index (χ1n) is 6.76. The van der Waals surface area contributed by atoms with E-state index >= 15 is 0 Å². The van der Waals surface area contributed by atoms with Gasteiger partial charge in [-0.15, -0.1) is 10.2 Å². The predicted molar refractivity (Wildman–Crippen MR) is 75.8 cm³/mol. The molecule has 0 unspecified atom stereocenters. The number of nitrogens with zero attached hydrogens (tertiary/aromatic N) is 4. The zero-order valence-corrected chi connectivity index (χ0v) is 12.0. The number of ether oxygens (including phenoxy) is 1. The summed E-state index contributed by atoms with van der Waals surface area (Å²) < 4.78 is 5.30. The number of carbonyl (C=O) groups excluding carboxylic acids is 1. The fourth-order valence-electron chi connectivity index (χ4n) is 1.94. The van der Waals surface area contributed by atoms with Crippen molar-refractivity contribution in [2.24, 2.45) is 0 Å². The van der Waals surface area contributed by atoms with E-state index < -0.39 is 0 Å². The highest BCUT2D eigenvalue weighted by Gasteiger charge is 2.11. The van der Waals surface area contributed by atoms with E-state index in [0.717, 1.165) is 39.4 Å². The van der Waals surface area contributed by atoms with Crippen LogP contribution in [0.25, 0.3) is 0 Å². The third kappa shape index (κ3) is 4.14. The lowest BCUT2D eigenvalue weighted by molar-refractivity contribution is 0.0398. The first-order valence-corrected chi connectivity index (χ1v) is 6.76. The van der Waals surface area contributed by atoms with Gasteiger partial charge < -0.3 is 15.0 Å². The summed E-state index contributed by atoms with van der Waals surface area (Å²) in [6.45, 7) is 5.31. The standard InChI is InChI=1S/C13H21N5O2/c1-17(2)13(19)11-3-4-12(16-15-11)14-5-6-18-7-9-20-10-8-18/h3-4H,5-10H2,1-2H3,(H,14,16). The number of carbonyl (C=O) groups is 1. The van der Waals surface area contributed by atoms with E-state index in [9.17, 15) is 4.79 Å². The molecule has 0 saturated carbocycles. The zero-order valence-electron chi connectivity index (χ0n) is 12.0. The molecule has 0 spiro atoms. The second-order valence-corrected chi connectivity index (χ2v) is 4.88. The summed E-state index contributed by atoms with van der Waals surface area (Å²) in [5, 5.41) is 11.1. The number of amides is 1. The lowest BCUT2D eigenvalue weighted by Gasteiger charge is -2.26. The van der Waals surface area contributed by atoms with Crippen molar-refractivity contribution in [2.75, 3.05) is 58.8 Å². The van der Waals surface area contributed by atoms with Crippen molar-refractivity contribution >= 4 is 11.7 Å². The van der Waals surface area contributed by atoms with Gasteiger partial charge in [-0.25, -0.2) is 0 Å². The van der Waals surface area contributed by atoms with Crippen LogP contribution in [0.1, 0.15) is 10.5 Å². The normalized spacial score (nSPS) is 15.9. The lowest BCUT2D eigenvalue weighted by Crippen LogP contribution is -2.39. The van der Waals surface area contributed by atoms with E-state index in [1.54, 1.807) is 26.2 Å². The van der Waals surface area contributed by atoms with Gasteiger partial charge in [-0.3, -0.25) is 9.69 Å². The Morgan fingerprint density at radius 2 is 2.10 bits per heavy atom. The average molecular weight is 279 g/mol. The van der Waals surface area contributed by atoms with Crippen LogP contribution < -0.4 is 5.32 Å². The molecule has 1 aliphatic heterocycles. The molecule has 2 heterocycles. The molecule has 0 aliphatic carbocycles. The van der Waals surface area contributed by atoms with Gasteiger partial charge in [0, 0.05) is 40.3 Å². The van der Waals surface area contributed by atoms with Gasteiger partial charge in [0.1, 0.15) is 5.82 Å². The topological polar surface area (TPSA) is 70.6 Å². The number of anilines is 1. The van der Waals surface area contributed by atoms with Crippen LogP contribution in [-0.2, 0) is 4.74 Å². The summed E-state index contributed by atoms with van der Waals surface area (Å²) in [7, 11) is 3.39. The fraction of sp³-hybridized carbons (Fsp3) is 0.615. The maximum atomic E-state index is 11.7. The Kier molecular flexibility index (Phi) is 5.25. The van der Waals surface area contributed by atoms with Crippen LogP contribution in [0.15, 0.2) is 12.1 Å². The van der Waals surface area contributed by atoms with Crippen molar-refractivity contribution in [3.05, 3.63) is 17.8 Å². The Morgan fingerprint density at radius 1 is 1.35 bits per heavy atom. The van der Waals surface area contributed by atoms with E-state index in [1.165, 1.54) is 4.90 Å². The van der Waals surface area contributed by atoms with Crippen molar-refractivity contribution in [1.82, 2.24) is 20.0 Å². The van der Waals surface area contributed by atoms with E-state index in [2.05, 4.69) is 20.4 Å². The third-order valence-corrected chi connectivity index (χ3v) is 3.13. The summed E-state index contributed by atoms with van der Waals surface area (Å²) in [5.74, 6) is 0.547. The van der Waals surface area contributed by atoms with Crippen LogP contribution in [0.5, 0.6) is 0 Å². The van der Waals surface area contributed by atoms with Gasteiger partial charge >= 0.3 is 0 Å². The lowest BCUT2D eigenvalue weighted by atomic mass is 10.3. The van der Waals surface area contributed by atoms with E-state index in [0.29, 0.717) is 11.5 Å². The SMILES string of the molecule is CN(C)C(=O)c1ccc(NCCN2CCOCC2)nn1. The number of morpholine rings is 1. The largest absolute Gasteiger partial charge is 0.379 e. The van der Waals surface area contributed by atoms with E-state index in [1.807, 2.05) is 0 Å². The summed E-state index contributed by atoms with van der Waals surface area (Å²) in [6.07, 6.45) is 0. The van der Waals surface area contributed by atoms with Crippen LogP contribution >= 0.6 is 0 Å². The molecule has 0 bridgehead atoms. The van der Waals surface area contributed by atoms with Gasteiger partial charge in [-0.05, 0) is 12.1 Å². The van der Waals surface area contributed by atoms with Gasteiger partial charge in [-0.1, -0.05) is 0 Å². The quantitative estimate of drug-likeness (QED) is 0.813. The molecule has 1 amide bonds. The van der Waals surface area contributed by atoms with Crippen LogP contribution in [0, 0.1) is 0 Å². The summed E-state index contributed by atoms with van der Waals surface area (Å²) in [5.41, 5.74) is 0.355. The molecular weight excluding hydrogens is 258 g/mol. The molecule has 1 aliphatic rings. The maximum Gasteiger partial charge on any atom is 0.273 e. The minimum Gasteiger partial charge on any atom is -0.379 e. The molecule has 1 aromatic heterocycles. The Bertz CT molecular complexity index is 429. The molecule has 1 saturated heterocycles. The maximum absolute atomic E-state index is 11.7. The molecule has 20 heavy (non-hydrogen) atoms. The molecule has 1 aromatic rings. The highest BCUT2D eigenvalue weighted by atomic mass is 16.5. The molecule has 7 nitrogen and oxygen atoms in total. The summed E-state index contributed by atoms with van der Waals surface area (Å²) >= 11 is 0. The van der Waals surface area contributed by atoms with Crippen LogP contribution in [-0.4, -0.2) is 79.4 Å². The summed E-state index contributed by atoms with van der Waals surface area (Å²) in [6, 6.07) is 3.47. The van der Waals surface area contributed by atoms with E-state index in [-0.39, 0.29) is 5.91 Å². The van der Waals surface area contributed by atoms with Crippen molar-refractivity contribution in [3.63, 3.8) is 0 Å². The van der Waals surface area contributed by atoms with Gasteiger partial charge in [0.2, 0.25) is 0 Å². The van der Waals surface area contributed by atoms with Gasteiger partial charge in [-0.2, -0.15) is 0 Å². The molecule has 1 fully saturated rings. The molecule has 0 aromatic carbocycles. The molecule has 0 radical (unpaired) electrons. The summed E-state index contributed by atoms with van der Waals surface area (Å²) in [4.78, 5) is 15.5. The molecule has 0 atom stereocenters. The number of hydrogen-bond donors (Lipinski definition) is 1. The number of nitrogens with one attached hydrogen (secondary N) is 1. The smallest absolute Gasteiger partial charge is 0.273 e. The van der Waals surface area contributed by atoms with Crippen LogP contribution in [0.2, 0.25) is 0 Å². The molecular formula is C13H21N5O2. The van der Waals surface area contributed by atoms with Crippen LogP contribution in [0.4, 0.5) is 5.82 Å². The second kappa shape index (κ2) is 7.16. The average Bonchev–Trinajstić information content (AvgIpc) is 2.48. The molecule has 110 valence electrons. The Hall–Kier alpha value is -1.73. The zero-order chi connectivity index (χ0) is 14.4. The minimum atomic E-state index is -0.141. The Balaban J connectivity index is 1.77. The Morgan fingerprint density at radius 3 is 2.70 bits per heavy atom. The minimum absolute atomic E-state index is 0.141. The van der Waals surface area contributed by atoms with Crippen molar-refractivity contribution in [1.29, 1.82) is 0 Å². The van der Waals surface area contributed by atoms with Gasteiger partial charge in [0.25, 0.3) is 5.91 Å². The van der Waals surface area contributed by atoms with Gasteiger partial charge in [0.05, 0.1) is 13.2 Å². The molecule has 7 heteroatoms. The number of rotatable bonds is 5. The predicted octanol–water partition coefficient (Wildman–Crippen LogP) is -0.0775. The third-order valence-electron chi connectivity index (χ3n) is 3.13. The van der Waals surface area contributed by atoms with Crippen molar-refractivity contribution in [3.8, 4) is 0 Å². The van der Waals surface area contributed by atoms with Crippen molar-refractivity contribution < 1.29 is 9.53 Å². The highest BCUT2D eigenvalue weighted by Crippen LogP contribution is 2.04. The number of aromatic nitrogens is 2. The first-order chi connectivity index (χ1) is 9.66. The molecule has 2 rings (SSSR count). The first kappa shape index (κ1) is 14.7. The van der Waals surface area contributed by atoms with Crippen molar-refractivity contribution in [2.45, 2.75) is 0 Å². The number of hydrogen-bond acceptors (Lipinski definition) is 6. The Labute approximate surface area is 118 Å². The van der Waals surface area contributed by atoms with E-state index in [4.69, 9.17) is 4.74 Å². The van der Waals surface area contributed by atoms with Crippen LogP contribution in [0.3, 0.4) is 0 Å². The fourth-order valence-corrected chi connectivity index (χ4v) is 1.94. The monoisotopic (exact) mass is 279 g/mol. The molecule has 1 N–H and O–H groups in total.